The number of carbonyl (C=O) groups excluding carboxylic acids is 1. The SMILES string of the molecule is O=C(/C=C/c1ccc(OCCCCCCCCOc2ccccc2)cc1)Oc1ccccc1. The number of hydrogen-bond donors (Lipinski definition) is 0. The largest absolute Gasteiger partial charge is 0.494 e. The highest BCUT2D eigenvalue weighted by atomic mass is 16.5. The van der Waals surface area contributed by atoms with E-state index in [2.05, 4.69) is 0 Å². The Labute approximate surface area is 196 Å². The van der Waals surface area contributed by atoms with Crippen LogP contribution < -0.4 is 14.2 Å². The van der Waals surface area contributed by atoms with E-state index in [1.165, 1.54) is 31.8 Å². The number of unbranched alkanes of at least 4 members (excludes halogenated alkanes) is 5. The molecular formula is C29H32O4. The lowest BCUT2D eigenvalue weighted by Crippen LogP contribution is -2.03. The molecule has 3 rings (SSSR count). The molecule has 0 amide bonds. The van der Waals surface area contributed by atoms with E-state index in [-0.39, 0.29) is 0 Å². The van der Waals surface area contributed by atoms with Gasteiger partial charge < -0.3 is 14.2 Å². The zero-order chi connectivity index (χ0) is 23.0. The van der Waals surface area contributed by atoms with Gasteiger partial charge in [-0.3, -0.25) is 0 Å². The molecule has 33 heavy (non-hydrogen) atoms. The third-order valence-corrected chi connectivity index (χ3v) is 5.07. The summed E-state index contributed by atoms with van der Waals surface area (Å²) in [5.74, 6) is 1.93. The smallest absolute Gasteiger partial charge is 0.336 e. The Morgan fingerprint density at radius 3 is 1.64 bits per heavy atom. The second kappa shape index (κ2) is 14.5. The van der Waals surface area contributed by atoms with Gasteiger partial charge in [-0.1, -0.05) is 74.2 Å². The van der Waals surface area contributed by atoms with Gasteiger partial charge in [-0.25, -0.2) is 4.79 Å². The van der Waals surface area contributed by atoms with E-state index in [1.54, 1.807) is 18.2 Å². The number of hydrogen-bond acceptors (Lipinski definition) is 4. The Bertz CT molecular complexity index is 950. The standard InChI is InChI=1S/C29H32O4/c30-29(33-28-15-9-6-10-16-28)22-19-25-17-20-27(21-18-25)32-24-12-4-2-1-3-11-23-31-26-13-7-5-8-14-26/h5-10,13-22H,1-4,11-12,23-24H2/b22-19+. The number of para-hydroxylation sites is 2. The van der Waals surface area contributed by atoms with E-state index in [1.807, 2.05) is 72.8 Å². The fourth-order valence-electron chi connectivity index (χ4n) is 3.29. The molecule has 0 spiro atoms. The van der Waals surface area contributed by atoms with Gasteiger partial charge in [0.15, 0.2) is 0 Å². The fraction of sp³-hybridized carbons (Fsp3) is 0.276. The summed E-state index contributed by atoms with van der Waals surface area (Å²) in [7, 11) is 0. The van der Waals surface area contributed by atoms with Crippen molar-refractivity contribution in [3.8, 4) is 17.2 Å². The maximum absolute atomic E-state index is 11.9. The van der Waals surface area contributed by atoms with Crippen molar-refractivity contribution < 1.29 is 19.0 Å². The Balaban J connectivity index is 1.21. The van der Waals surface area contributed by atoms with Crippen molar-refractivity contribution >= 4 is 12.0 Å². The molecule has 4 heteroatoms. The second-order valence-electron chi connectivity index (χ2n) is 7.77. The van der Waals surface area contributed by atoms with E-state index in [0.717, 1.165) is 43.1 Å². The highest BCUT2D eigenvalue weighted by Crippen LogP contribution is 2.15. The summed E-state index contributed by atoms with van der Waals surface area (Å²) in [6, 6.07) is 26.7. The van der Waals surface area contributed by atoms with Gasteiger partial charge in [0.25, 0.3) is 0 Å². The van der Waals surface area contributed by atoms with Crippen LogP contribution in [0.3, 0.4) is 0 Å². The second-order valence-corrected chi connectivity index (χ2v) is 7.77. The molecule has 0 atom stereocenters. The lowest BCUT2D eigenvalue weighted by molar-refractivity contribution is -0.128. The summed E-state index contributed by atoms with van der Waals surface area (Å²) in [5, 5.41) is 0. The van der Waals surface area contributed by atoms with E-state index >= 15 is 0 Å². The van der Waals surface area contributed by atoms with Gasteiger partial charge in [0.2, 0.25) is 0 Å². The number of benzene rings is 3. The van der Waals surface area contributed by atoms with E-state index in [0.29, 0.717) is 5.75 Å². The summed E-state index contributed by atoms with van der Waals surface area (Å²) in [4.78, 5) is 11.9. The maximum Gasteiger partial charge on any atom is 0.336 e. The molecule has 0 aliphatic heterocycles. The van der Waals surface area contributed by atoms with Crippen molar-refractivity contribution in [2.75, 3.05) is 13.2 Å². The zero-order valence-electron chi connectivity index (χ0n) is 19.0. The van der Waals surface area contributed by atoms with Crippen molar-refractivity contribution in [1.29, 1.82) is 0 Å². The lowest BCUT2D eigenvalue weighted by atomic mass is 10.1. The van der Waals surface area contributed by atoms with Crippen molar-refractivity contribution in [1.82, 2.24) is 0 Å². The normalized spacial score (nSPS) is 10.8. The molecular weight excluding hydrogens is 412 g/mol. The lowest BCUT2D eigenvalue weighted by Gasteiger charge is -2.07. The number of esters is 1. The Kier molecular flexibility index (Phi) is 10.6. The van der Waals surface area contributed by atoms with Crippen LogP contribution in [0.15, 0.2) is 91.0 Å². The first-order chi connectivity index (χ1) is 16.3. The van der Waals surface area contributed by atoms with Crippen LogP contribution in [-0.4, -0.2) is 19.2 Å². The first kappa shape index (κ1) is 24.1. The predicted octanol–water partition coefficient (Wildman–Crippen LogP) is 7.10. The number of carbonyl (C=O) groups is 1. The van der Waals surface area contributed by atoms with Crippen molar-refractivity contribution in [3.05, 3.63) is 96.6 Å². The van der Waals surface area contributed by atoms with Crippen molar-refractivity contribution in [2.45, 2.75) is 38.5 Å². The van der Waals surface area contributed by atoms with Gasteiger partial charge in [0, 0.05) is 6.08 Å². The minimum atomic E-state index is -0.398. The summed E-state index contributed by atoms with van der Waals surface area (Å²) >= 11 is 0. The topological polar surface area (TPSA) is 44.8 Å². The van der Waals surface area contributed by atoms with Crippen LogP contribution in [0, 0.1) is 0 Å². The Morgan fingerprint density at radius 2 is 1.06 bits per heavy atom. The predicted molar refractivity (Wildman–Crippen MR) is 133 cm³/mol. The average Bonchev–Trinajstić information content (AvgIpc) is 2.86. The first-order valence-corrected chi connectivity index (χ1v) is 11.7. The summed E-state index contributed by atoms with van der Waals surface area (Å²) in [5.41, 5.74) is 0.920. The van der Waals surface area contributed by atoms with Crippen LogP contribution >= 0.6 is 0 Å². The van der Waals surface area contributed by atoms with Gasteiger partial charge in [-0.15, -0.1) is 0 Å². The molecule has 0 aromatic heterocycles. The van der Waals surface area contributed by atoms with Crippen LogP contribution in [0.1, 0.15) is 44.1 Å². The minimum Gasteiger partial charge on any atom is -0.494 e. The van der Waals surface area contributed by atoms with Crippen molar-refractivity contribution in [2.24, 2.45) is 0 Å². The minimum absolute atomic E-state index is 0.398. The first-order valence-electron chi connectivity index (χ1n) is 11.7. The van der Waals surface area contributed by atoms with Gasteiger partial charge in [-0.2, -0.15) is 0 Å². The molecule has 0 heterocycles. The van der Waals surface area contributed by atoms with Crippen LogP contribution in [0.25, 0.3) is 6.08 Å². The molecule has 3 aromatic rings. The molecule has 0 bridgehead atoms. The van der Waals surface area contributed by atoms with Gasteiger partial charge in [-0.05, 0) is 60.9 Å². The Hall–Kier alpha value is -3.53. The molecule has 0 aliphatic carbocycles. The number of rotatable bonds is 14. The maximum atomic E-state index is 11.9. The highest BCUT2D eigenvalue weighted by Gasteiger charge is 2.00. The van der Waals surface area contributed by atoms with Crippen LogP contribution in [0.5, 0.6) is 17.2 Å². The zero-order valence-corrected chi connectivity index (χ0v) is 19.0. The molecule has 172 valence electrons. The molecule has 0 unspecified atom stereocenters. The molecule has 0 radical (unpaired) electrons. The summed E-state index contributed by atoms with van der Waals surface area (Å²) in [6.07, 6.45) is 10.1. The third kappa shape index (κ3) is 10.1. The van der Waals surface area contributed by atoms with Gasteiger partial charge in [0.1, 0.15) is 17.2 Å². The molecule has 0 fully saturated rings. The van der Waals surface area contributed by atoms with Crippen LogP contribution in [0.2, 0.25) is 0 Å². The highest BCUT2D eigenvalue weighted by molar-refractivity contribution is 5.88. The van der Waals surface area contributed by atoms with Gasteiger partial charge >= 0.3 is 5.97 Å². The monoisotopic (exact) mass is 444 g/mol. The molecule has 0 saturated heterocycles. The average molecular weight is 445 g/mol. The molecule has 0 N–H and O–H groups in total. The van der Waals surface area contributed by atoms with E-state index < -0.39 is 5.97 Å². The molecule has 3 aromatic carbocycles. The Morgan fingerprint density at radius 1 is 0.576 bits per heavy atom. The van der Waals surface area contributed by atoms with Crippen LogP contribution in [-0.2, 0) is 4.79 Å². The van der Waals surface area contributed by atoms with Crippen LogP contribution in [0.4, 0.5) is 0 Å². The van der Waals surface area contributed by atoms with Gasteiger partial charge in [0.05, 0.1) is 13.2 Å². The summed E-state index contributed by atoms with van der Waals surface area (Å²) in [6.45, 7) is 1.50. The number of ether oxygens (including phenoxy) is 3. The van der Waals surface area contributed by atoms with E-state index in [4.69, 9.17) is 14.2 Å². The van der Waals surface area contributed by atoms with Crippen molar-refractivity contribution in [3.63, 3.8) is 0 Å². The third-order valence-electron chi connectivity index (χ3n) is 5.07. The quantitative estimate of drug-likeness (QED) is 0.115. The fourth-order valence-corrected chi connectivity index (χ4v) is 3.29. The molecule has 0 saturated carbocycles. The van der Waals surface area contributed by atoms with E-state index in [9.17, 15) is 4.79 Å². The molecule has 4 nitrogen and oxygen atoms in total. The summed E-state index contributed by atoms with van der Waals surface area (Å²) < 4.78 is 16.8. The molecule has 0 aliphatic rings.